The van der Waals surface area contributed by atoms with Crippen LogP contribution in [-0.4, -0.2) is 25.2 Å². The molecule has 1 aromatic carbocycles. The Morgan fingerprint density at radius 2 is 1.83 bits per heavy atom. The Labute approximate surface area is 140 Å². The molecule has 23 heavy (non-hydrogen) atoms. The summed E-state index contributed by atoms with van der Waals surface area (Å²) in [5.41, 5.74) is 1.04. The van der Waals surface area contributed by atoms with Crippen molar-refractivity contribution in [3.05, 3.63) is 35.2 Å². The van der Waals surface area contributed by atoms with Gasteiger partial charge in [0.25, 0.3) is 5.91 Å². The van der Waals surface area contributed by atoms with Gasteiger partial charge in [-0.05, 0) is 48.7 Å². The van der Waals surface area contributed by atoms with Crippen molar-refractivity contribution in [2.75, 3.05) is 13.2 Å². The molecule has 2 aromatic rings. The second-order valence-corrected chi connectivity index (χ2v) is 7.11. The number of hydrogen-bond acceptors (Lipinski definition) is 4. The quantitative estimate of drug-likeness (QED) is 0.922. The SMILES string of the molecule is CC(C)C(C)NC(=O)c1ccc(-c2ccc3c(c2)OCCO3)s1. The largest absolute Gasteiger partial charge is 0.486 e. The summed E-state index contributed by atoms with van der Waals surface area (Å²) in [4.78, 5) is 14.1. The Kier molecular flexibility index (Phi) is 4.57. The summed E-state index contributed by atoms with van der Waals surface area (Å²) in [6, 6.07) is 9.90. The average molecular weight is 331 g/mol. The molecule has 122 valence electrons. The van der Waals surface area contributed by atoms with Crippen LogP contribution in [-0.2, 0) is 0 Å². The first-order valence-electron chi connectivity index (χ1n) is 7.85. The van der Waals surface area contributed by atoms with Gasteiger partial charge in [0.1, 0.15) is 13.2 Å². The van der Waals surface area contributed by atoms with E-state index in [-0.39, 0.29) is 11.9 Å². The van der Waals surface area contributed by atoms with Crippen LogP contribution in [0, 0.1) is 5.92 Å². The summed E-state index contributed by atoms with van der Waals surface area (Å²) in [7, 11) is 0. The zero-order valence-electron chi connectivity index (χ0n) is 13.6. The van der Waals surface area contributed by atoms with Gasteiger partial charge in [-0.25, -0.2) is 0 Å². The lowest BCUT2D eigenvalue weighted by molar-refractivity contribution is 0.0934. The Morgan fingerprint density at radius 3 is 2.57 bits per heavy atom. The minimum absolute atomic E-state index is 0.0139. The molecule has 4 nitrogen and oxygen atoms in total. The number of rotatable bonds is 4. The molecule has 1 unspecified atom stereocenters. The highest BCUT2D eigenvalue weighted by atomic mass is 32.1. The lowest BCUT2D eigenvalue weighted by Crippen LogP contribution is -2.35. The van der Waals surface area contributed by atoms with Crippen molar-refractivity contribution in [3.8, 4) is 21.9 Å². The molecule has 1 aliphatic rings. The zero-order chi connectivity index (χ0) is 16.4. The van der Waals surface area contributed by atoms with Crippen LogP contribution in [0.2, 0.25) is 0 Å². The Morgan fingerprint density at radius 1 is 1.09 bits per heavy atom. The van der Waals surface area contributed by atoms with Crippen LogP contribution in [0.15, 0.2) is 30.3 Å². The van der Waals surface area contributed by atoms with Crippen LogP contribution < -0.4 is 14.8 Å². The third-order valence-corrected chi connectivity index (χ3v) is 5.15. The summed E-state index contributed by atoms with van der Waals surface area (Å²) in [5, 5.41) is 3.04. The van der Waals surface area contributed by atoms with Crippen LogP contribution >= 0.6 is 11.3 Å². The molecule has 3 rings (SSSR count). The number of carbonyl (C=O) groups is 1. The smallest absolute Gasteiger partial charge is 0.261 e. The van der Waals surface area contributed by atoms with Gasteiger partial charge in [0.15, 0.2) is 11.5 Å². The molecule has 0 spiro atoms. The molecular weight excluding hydrogens is 310 g/mol. The molecule has 1 amide bonds. The molecule has 0 radical (unpaired) electrons. The molecule has 1 aliphatic heterocycles. The molecular formula is C18H21NO3S. The standard InChI is InChI=1S/C18H21NO3S/c1-11(2)12(3)19-18(20)17-7-6-16(23-17)13-4-5-14-15(10-13)22-9-8-21-14/h4-7,10-12H,8-9H2,1-3H3,(H,19,20). The van der Waals surface area contributed by atoms with Gasteiger partial charge in [-0.2, -0.15) is 0 Å². The van der Waals surface area contributed by atoms with Gasteiger partial charge in [-0.15, -0.1) is 11.3 Å². The van der Waals surface area contributed by atoms with E-state index in [1.807, 2.05) is 37.3 Å². The van der Waals surface area contributed by atoms with E-state index in [2.05, 4.69) is 19.2 Å². The third-order valence-electron chi connectivity index (χ3n) is 4.02. The fourth-order valence-electron chi connectivity index (χ4n) is 2.26. The van der Waals surface area contributed by atoms with E-state index in [9.17, 15) is 4.79 Å². The van der Waals surface area contributed by atoms with Crippen molar-refractivity contribution in [2.24, 2.45) is 5.92 Å². The number of amides is 1. The van der Waals surface area contributed by atoms with Gasteiger partial charge in [0.05, 0.1) is 4.88 Å². The highest BCUT2D eigenvalue weighted by Gasteiger charge is 2.16. The van der Waals surface area contributed by atoms with Gasteiger partial charge in [0.2, 0.25) is 0 Å². The summed E-state index contributed by atoms with van der Waals surface area (Å²) in [6.45, 7) is 7.38. The second kappa shape index (κ2) is 6.62. The number of fused-ring (bicyclic) bond motifs is 1. The van der Waals surface area contributed by atoms with E-state index < -0.39 is 0 Å². The van der Waals surface area contributed by atoms with Crippen LogP contribution in [0.4, 0.5) is 0 Å². The van der Waals surface area contributed by atoms with Crippen LogP contribution in [0.25, 0.3) is 10.4 Å². The van der Waals surface area contributed by atoms with Crippen molar-refractivity contribution < 1.29 is 14.3 Å². The lowest BCUT2D eigenvalue weighted by atomic mass is 10.1. The third kappa shape index (κ3) is 3.50. The summed E-state index contributed by atoms with van der Waals surface area (Å²) >= 11 is 1.49. The molecule has 1 aromatic heterocycles. The minimum Gasteiger partial charge on any atom is -0.486 e. The zero-order valence-corrected chi connectivity index (χ0v) is 14.4. The van der Waals surface area contributed by atoms with Gasteiger partial charge in [-0.3, -0.25) is 4.79 Å². The molecule has 0 saturated heterocycles. The first kappa shape index (κ1) is 15.9. The molecule has 1 N–H and O–H groups in total. The van der Waals surface area contributed by atoms with Crippen molar-refractivity contribution >= 4 is 17.2 Å². The van der Waals surface area contributed by atoms with Gasteiger partial charge in [-0.1, -0.05) is 13.8 Å². The van der Waals surface area contributed by atoms with Crippen molar-refractivity contribution in [1.29, 1.82) is 0 Å². The van der Waals surface area contributed by atoms with Gasteiger partial charge < -0.3 is 14.8 Å². The molecule has 0 aliphatic carbocycles. The van der Waals surface area contributed by atoms with E-state index in [1.165, 1.54) is 11.3 Å². The number of hydrogen-bond donors (Lipinski definition) is 1. The van der Waals surface area contributed by atoms with E-state index in [0.29, 0.717) is 19.1 Å². The number of benzene rings is 1. The van der Waals surface area contributed by atoms with Crippen LogP contribution in [0.5, 0.6) is 11.5 Å². The molecule has 0 saturated carbocycles. The first-order chi connectivity index (χ1) is 11.0. The number of thiophene rings is 1. The minimum atomic E-state index is -0.0139. The fraction of sp³-hybridized carbons (Fsp3) is 0.389. The van der Waals surface area contributed by atoms with E-state index in [0.717, 1.165) is 26.8 Å². The Hall–Kier alpha value is -2.01. The predicted octanol–water partition coefficient (Wildman–Crippen LogP) is 3.96. The predicted molar refractivity (Wildman–Crippen MR) is 92.5 cm³/mol. The van der Waals surface area contributed by atoms with Crippen molar-refractivity contribution in [3.63, 3.8) is 0 Å². The summed E-state index contributed by atoms with van der Waals surface area (Å²) in [5.74, 6) is 1.94. The first-order valence-corrected chi connectivity index (χ1v) is 8.67. The maximum atomic E-state index is 12.3. The van der Waals surface area contributed by atoms with E-state index in [4.69, 9.17) is 9.47 Å². The monoisotopic (exact) mass is 331 g/mol. The van der Waals surface area contributed by atoms with Crippen LogP contribution in [0.1, 0.15) is 30.4 Å². The Bertz CT molecular complexity index is 708. The van der Waals surface area contributed by atoms with Crippen molar-refractivity contribution in [1.82, 2.24) is 5.32 Å². The molecule has 5 heteroatoms. The molecule has 0 bridgehead atoms. The van der Waals surface area contributed by atoms with Gasteiger partial charge in [0, 0.05) is 10.9 Å². The average Bonchev–Trinajstić information content (AvgIpc) is 3.04. The normalized spacial score (nSPS) is 14.6. The van der Waals surface area contributed by atoms with Gasteiger partial charge >= 0.3 is 0 Å². The number of nitrogens with one attached hydrogen (secondary N) is 1. The fourth-order valence-corrected chi connectivity index (χ4v) is 3.16. The maximum Gasteiger partial charge on any atom is 0.261 e. The highest BCUT2D eigenvalue weighted by Crippen LogP contribution is 2.36. The maximum absolute atomic E-state index is 12.3. The van der Waals surface area contributed by atoms with Crippen molar-refractivity contribution in [2.45, 2.75) is 26.8 Å². The molecule has 0 fully saturated rings. The van der Waals surface area contributed by atoms with Crippen LogP contribution in [0.3, 0.4) is 0 Å². The van der Waals surface area contributed by atoms with E-state index >= 15 is 0 Å². The lowest BCUT2D eigenvalue weighted by Gasteiger charge is -2.18. The summed E-state index contributed by atoms with van der Waals surface area (Å²) in [6.07, 6.45) is 0. The number of ether oxygens (including phenoxy) is 2. The number of carbonyl (C=O) groups excluding carboxylic acids is 1. The summed E-state index contributed by atoms with van der Waals surface area (Å²) < 4.78 is 11.2. The molecule has 1 atom stereocenters. The highest BCUT2D eigenvalue weighted by molar-refractivity contribution is 7.17. The van der Waals surface area contributed by atoms with E-state index in [1.54, 1.807) is 0 Å². The molecule has 2 heterocycles. The second-order valence-electron chi connectivity index (χ2n) is 6.03. The Balaban J connectivity index is 1.78. The topological polar surface area (TPSA) is 47.6 Å².